The minimum atomic E-state index is -0.230. The maximum atomic E-state index is 11.8. The molecule has 4 heteroatoms. The van der Waals surface area contributed by atoms with E-state index in [1.165, 1.54) is 0 Å². The number of carbonyl (C=O) groups is 1. The molecule has 1 heterocycles. The molecule has 1 rings (SSSR count). The number of rotatable bonds is 2. The van der Waals surface area contributed by atoms with E-state index < -0.39 is 0 Å². The second-order valence-corrected chi connectivity index (χ2v) is 3.76. The summed E-state index contributed by atoms with van der Waals surface area (Å²) in [5.41, 5.74) is 0. The quantitative estimate of drug-likeness (QED) is 0.642. The summed E-state index contributed by atoms with van der Waals surface area (Å²) in [7, 11) is 1.81. The van der Waals surface area contributed by atoms with Gasteiger partial charge in [-0.2, -0.15) is 5.26 Å². The van der Waals surface area contributed by atoms with E-state index >= 15 is 0 Å². The molecular weight excluding hydrogens is 178 g/mol. The first-order valence-corrected chi connectivity index (χ1v) is 4.99. The van der Waals surface area contributed by atoms with Gasteiger partial charge in [0.25, 0.3) is 0 Å². The third-order valence-electron chi connectivity index (χ3n) is 2.92. The number of amides is 1. The number of nitrogens with zero attached hydrogens (tertiary/aromatic N) is 3. The van der Waals surface area contributed by atoms with E-state index in [1.807, 2.05) is 20.9 Å². The number of nitriles is 1. The molecule has 2 atom stereocenters. The maximum Gasteiger partial charge on any atom is 0.241 e. The molecule has 1 aliphatic rings. The lowest BCUT2D eigenvalue weighted by atomic mass is 10.1. The topological polar surface area (TPSA) is 47.3 Å². The molecule has 0 aromatic rings. The van der Waals surface area contributed by atoms with Crippen LogP contribution in [0.25, 0.3) is 0 Å². The van der Waals surface area contributed by atoms with Crippen LogP contribution in [0.4, 0.5) is 0 Å². The lowest BCUT2D eigenvalue weighted by molar-refractivity contribution is -0.143. The normalized spacial score (nSPS) is 29.0. The van der Waals surface area contributed by atoms with Gasteiger partial charge in [-0.3, -0.25) is 9.69 Å². The van der Waals surface area contributed by atoms with Gasteiger partial charge in [-0.25, -0.2) is 0 Å². The number of piperazine rings is 1. The Morgan fingerprint density at radius 2 is 2.29 bits per heavy atom. The zero-order valence-electron chi connectivity index (χ0n) is 9.03. The second kappa shape index (κ2) is 4.43. The average Bonchev–Trinajstić information content (AvgIpc) is 2.19. The van der Waals surface area contributed by atoms with E-state index in [9.17, 15) is 4.79 Å². The molecule has 14 heavy (non-hydrogen) atoms. The Morgan fingerprint density at radius 3 is 2.79 bits per heavy atom. The third-order valence-corrected chi connectivity index (χ3v) is 2.92. The Kier molecular flexibility index (Phi) is 3.48. The standard InChI is InChI=1S/C10H17N3O/c1-4-13-7-8(2)12(3)10(14)9(13)5-6-11/h8-9H,4-5,7H2,1-3H3. The highest BCUT2D eigenvalue weighted by Gasteiger charge is 2.35. The monoisotopic (exact) mass is 195 g/mol. The van der Waals surface area contributed by atoms with E-state index in [2.05, 4.69) is 11.0 Å². The van der Waals surface area contributed by atoms with Crippen molar-refractivity contribution in [3.8, 4) is 6.07 Å². The molecule has 0 saturated carbocycles. The van der Waals surface area contributed by atoms with Crippen molar-refractivity contribution in [3.63, 3.8) is 0 Å². The van der Waals surface area contributed by atoms with Crippen LogP contribution in [0.15, 0.2) is 0 Å². The SMILES string of the molecule is CCN1CC(C)N(C)C(=O)C1CC#N. The fraction of sp³-hybridized carbons (Fsp3) is 0.800. The molecule has 0 aliphatic carbocycles. The first kappa shape index (κ1) is 11.0. The van der Waals surface area contributed by atoms with Crippen LogP contribution in [0.2, 0.25) is 0 Å². The molecule has 78 valence electrons. The van der Waals surface area contributed by atoms with Gasteiger partial charge in [0, 0.05) is 19.6 Å². The van der Waals surface area contributed by atoms with Crippen LogP contribution in [-0.4, -0.2) is 47.9 Å². The third kappa shape index (κ3) is 1.88. The molecule has 0 spiro atoms. The maximum absolute atomic E-state index is 11.8. The molecule has 2 unspecified atom stereocenters. The Labute approximate surface area is 85.1 Å². The van der Waals surface area contributed by atoms with Crippen molar-refractivity contribution in [2.24, 2.45) is 0 Å². The van der Waals surface area contributed by atoms with Crippen LogP contribution in [0, 0.1) is 11.3 Å². The highest BCUT2D eigenvalue weighted by atomic mass is 16.2. The van der Waals surface area contributed by atoms with Gasteiger partial charge in [-0.05, 0) is 13.5 Å². The molecule has 1 aliphatic heterocycles. The summed E-state index contributed by atoms with van der Waals surface area (Å²) in [5.74, 6) is 0.0761. The van der Waals surface area contributed by atoms with Gasteiger partial charge in [0.15, 0.2) is 0 Å². The van der Waals surface area contributed by atoms with Crippen molar-refractivity contribution in [1.82, 2.24) is 9.80 Å². The molecule has 0 bridgehead atoms. The lowest BCUT2D eigenvalue weighted by Gasteiger charge is -2.41. The molecule has 1 saturated heterocycles. The summed E-state index contributed by atoms with van der Waals surface area (Å²) >= 11 is 0. The van der Waals surface area contributed by atoms with Crippen molar-refractivity contribution in [1.29, 1.82) is 5.26 Å². The molecule has 0 aromatic heterocycles. The Hall–Kier alpha value is -1.08. The van der Waals surface area contributed by atoms with Crippen molar-refractivity contribution in [3.05, 3.63) is 0 Å². The van der Waals surface area contributed by atoms with Gasteiger partial charge in [-0.1, -0.05) is 6.92 Å². The number of likely N-dealkylation sites (N-methyl/N-ethyl adjacent to an activating group) is 2. The van der Waals surface area contributed by atoms with Crippen molar-refractivity contribution >= 4 is 5.91 Å². The Balaban J connectivity index is 2.79. The summed E-state index contributed by atoms with van der Waals surface area (Å²) in [6, 6.07) is 2.10. The van der Waals surface area contributed by atoms with Gasteiger partial charge in [-0.15, -0.1) is 0 Å². The zero-order chi connectivity index (χ0) is 10.7. The van der Waals surface area contributed by atoms with Crippen LogP contribution in [0.3, 0.4) is 0 Å². The molecule has 0 aromatic carbocycles. The fourth-order valence-corrected chi connectivity index (χ4v) is 1.85. The van der Waals surface area contributed by atoms with Crippen LogP contribution >= 0.6 is 0 Å². The molecule has 1 fully saturated rings. The van der Waals surface area contributed by atoms with Gasteiger partial charge in [0.05, 0.1) is 12.5 Å². The highest BCUT2D eigenvalue weighted by molar-refractivity contribution is 5.83. The van der Waals surface area contributed by atoms with Crippen LogP contribution in [-0.2, 0) is 4.79 Å². The molecular formula is C10H17N3O. The van der Waals surface area contributed by atoms with Crippen LogP contribution in [0.1, 0.15) is 20.3 Å². The minimum absolute atomic E-state index is 0.0761. The fourth-order valence-electron chi connectivity index (χ4n) is 1.85. The second-order valence-electron chi connectivity index (χ2n) is 3.76. The summed E-state index contributed by atoms with van der Waals surface area (Å²) in [5, 5.41) is 8.65. The minimum Gasteiger partial charge on any atom is -0.340 e. The lowest BCUT2D eigenvalue weighted by Crippen LogP contribution is -2.59. The van der Waals surface area contributed by atoms with Crippen molar-refractivity contribution in [2.75, 3.05) is 20.1 Å². The van der Waals surface area contributed by atoms with Gasteiger partial charge in [0.1, 0.15) is 6.04 Å². The van der Waals surface area contributed by atoms with E-state index in [0.717, 1.165) is 13.1 Å². The predicted octanol–water partition coefficient (Wildman–Crippen LogP) is 0.451. The first-order chi connectivity index (χ1) is 6.61. The van der Waals surface area contributed by atoms with Crippen LogP contribution < -0.4 is 0 Å². The highest BCUT2D eigenvalue weighted by Crippen LogP contribution is 2.16. The molecule has 1 amide bonds. The molecule has 0 N–H and O–H groups in total. The first-order valence-electron chi connectivity index (χ1n) is 4.99. The smallest absolute Gasteiger partial charge is 0.241 e. The average molecular weight is 195 g/mol. The van der Waals surface area contributed by atoms with Crippen LogP contribution in [0.5, 0.6) is 0 Å². The summed E-state index contributed by atoms with van der Waals surface area (Å²) in [4.78, 5) is 15.7. The Morgan fingerprint density at radius 1 is 1.64 bits per heavy atom. The van der Waals surface area contributed by atoms with Gasteiger partial charge >= 0.3 is 0 Å². The molecule has 4 nitrogen and oxygen atoms in total. The van der Waals surface area contributed by atoms with Crippen molar-refractivity contribution < 1.29 is 4.79 Å². The number of hydrogen-bond acceptors (Lipinski definition) is 3. The van der Waals surface area contributed by atoms with E-state index in [4.69, 9.17) is 5.26 Å². The van der Waals surface area contributed by atoms with Gasteiger partial charge < -0.3 is 4.90 Å². The summed E-state index contributed by atoms with van der Waals surface area (Å²) in [6.45, 7) is 5.75. The van der Waals surface area contributed by atoms with E-state index in [1.54, 1.807) is 4.90 Å². The van der Waals surface area contributed by atoms with Gasteiger partial charge in [0.2, 0.25) is 5.91 Å². The largest absolute Gasteiger partial charge is 0.340 e. The van der Waals surface area contributed by atoms with E-state index in [-0.39, 0.29) is 18.0 Å². The predicted molar refractivity (Wildman–Crippen MR) is 53.5 cm³/mol. The summed E-state index contributed by atoms with van der Waals surface area (Å²) < 4.78 is 0. The van der Waals surface area contributed by atoms with E-state index in [0.29, 0.717) is 6.42 Å². The number of carbonyl (C=O) groups excluding carboxylic acids is 1. The molecule has 0 radical (unpaired) electrons. The number of hydrogen-bond donors (Lipinski definition) is 0. The Bertz CT molecular complexity index is 259. The summed E-state index contributed by atoms with van der Waals surface area (Å²) in [6.07, 6.45) is 0.295. The zero-order valence-corrected chi connectivity index (χ0v) is 9.03. The van der Waals surface area contributed by atoms with Crippen molar-refractivity contribution in [2.45, 2.75) is 32.4 Å².